The lowest BCUT2D eigenvalue weighted by molar-refractivity contribution is 0.0657. The summed E-state index contributed by atoms with van der Waals surface area (Å²) in [6.45, 7) is 4.68. The van der Waals surface area contributed by atoms with Gasteiger partial charge in [0.2, 0.25) is 0 Å². The van der Waals surface area contributed by atoms with Gasteiger partial charge in [0.15, 0.2) is 11.5 Å². The number of ether oxygens (including phenoxy) is 2. The zero-order valence-electron chi connectivity index (χ0n) is 14.6. The fraction of sp³-hybridized carbons (Fsp3) is 0.350. The molecule has 0 saturated carbocycles. The highest BCUT2D eigenvalue weighted by Crippen LogP contribution is 2.35. The summed E-state index contributed by atoms with van der Waals surface area (Å²) in [5.41, 5.74) is 4.17. The van der Waals surface area contributed by atoms with E-state index in [0.717, 1.165) is 28.9 Å². The van der Waals surface area contributed by atoms with Gasteiger partial charge in [-0.15, -0.1) is 0 Å². The third-order valence-electron chi connectivity index (χ3n) is 4.62. The van der Waals surface area contributed by atoms with E-state index in [1.165, 1.54) is 5.56 Å². The third kappa shape index (κ3) is 2.96. The van der Waals surface area contributed by atoms with Gasteiger partial charge in [0.25, 0.3) is 5.91 Å². The van der Waals surface area contributed by atoms with E-state index in [-0.39, 0.29) is 11.9 Å². The van der Waals surface area contributed by atoms with E-state index in [9.17, 15) is 4.79 Å². The number of carbonyl (C=O) groups excluding carboxylic acids is 1. The van der Waals surface area contributed by atoms with E-state index in [4.69, 9.17) is 9.47 Å². The van der Waals surface area contributed by atoms with Gasteiger partial charge in [-0.1, -0.05) is 17.7 Å². The Kier molecular flexibility index (Phi) is 4.47. The standard InChI is InChI=1S/C20H23NO3/c1-13-6-5-7-15(8-13)20(22)21-12-17-11-19(24-4)18(23-3)10-16(17)9-14(21)2/h5-8,10-11,14H,9,12H2,1-4H3. The maximum atomic E-state index is 12.9. The SMILES string of the molecule is COc1cc2c(cc1OC)CN(C(=O)c1cccc(C)c1)C(C)C2. The number of hydrogen-bond acceptors (Lipinski definition) is 3. The number of methoxy groups -OCH3 is 2. The molecule has 0 saturated heterocycles. The summed E-state index contributed by atoms with van der Waals surface area (Å²) in [6, 6.07) is 11.9. The Labute approximate surface area is 143 Å². The number of fused-ring (bicyclic) bond motifs is 1. The van der Waals surface area contributed by atoms with Crippen molar-refractivity contribution in [2.45, 2.75) is 32.9 Å². The first kappa shape index (κ1) is 16.4. The average Bonchev–Trinajstić information content (AvgIpc) is 2.59. The van der Waals surface area contributed by atoms with Gasteiger partial charge >= 0.3 is 0 Å². The average molecular weight is 325 g/mol. The Hall–Kier alpha value is -2.49. The van der Waals surface area contributed by atoms with Crippen molar-refractivity contribution in [2.24, 2.45) is 0 Å². The second-order valence-corrected chi connectivity index (χ2v) is 6.33. The second-order valence-electron chi connectivity index (χ2n) is 6.33. The number of hydrogen-bond donors (Lipinski definition) is 0. The highest BCUT2D eigenvalue weighted by molar-refractivity contribution is 5.94. The molecule has 1 heterocycles. The van der Waals surface area contributed by atoms with E-state index in [1.54, 1.807) is 14.2 Å². The van der Waals surface area contributed by atoms with Crippen LogP contribution in [0.1, 0.15) is 34.0 Å². The summed E-state index contributed by atoms with van der Waals surface area (Å²) in [4.78, 5) is 14.9. The van der Waals surface area contributed by atoms with Crippen LogP contribution in [0.15, 0.2) is 36.4 Å². The van der Waals surface area contributed by atoms with Crippen molar-refractivity contribution in [3.8, 4) is 11.5 Å². The van der Waals surface area contributed by atoms with Crippen molar-refractivity contribution in [3.05, 3.63) is 58.7 Å². The molecule has 4 nitrogen and oxygen atoms in total. The molecule has 0 aromatic heterocycles. The van der Waals surface area contributed by atoms with Crippen LogP contribution in [-0.4, -0.2) is 31.1 Å². The van der Waals surface area contributed by atoms with Crippen LogP contribution in [-0.2, 0) is 13.0 Å². The first-order chi connectivity index (χ1) is 11.5. The van der Waals surface area contributed by atoms with Gasteiger partial charge in [0.05, 0.1) is 14.2 Å². The van der Waals surface area contributed by atoms with Gasteiger partial charge in [-0.2, -0.15) is 0 Å². The van der Waals surface area contributed by atoms with Gasteiger partial charge in [-0.3, -0.25) is 4.79 Å². The molecule has 0 radical (unpaired) electrons. The molecule has 4 heteroatoms. The molecule has 0 spiro atoms. The molecular formula is C20H23NO3. The van der Waals surface area contributed by atoms with Crippen molar-refractivity contribution >= 4 is 5.91 Å². The van der Waals surface area contributed by atoms with Crippen LogP contribution in [0.5, 0.6) is 11.5 Å². The van der Waals surface area contributed by atoms with E-state index >= 15 is 0 Å². The predicted molar refractivity (Wildman–Crippen MR) is 93.8 cm³/mol. The lowest BCUT2D eigenvalue weighted by atomic mass is 9.93. The zero-order valence-corrected chi connectivity index (χ0v) is 14.6. The Morgan fingerprint density at radius 3 is 2.38 bits per heavy atom. The molecule has 1 aliphatic rings. The summed E-state index contributed by atoms with van der Waals surface area (Å²) in [5.74, 6) is 1.52. The minimum absolute atomic E-state index is 0.0756. The minimum Gasteiger partial charge on any atom is -0.493 e. The lowest BCUT2D eigenvalue weighted by Gasteiger charge is -2.35. The quantitative estimate of drug-likeness (QED) is 0.865. The van der Waals surface area contributed by atoms with Crippen molar-refractivity contribution in [2.75, 3.05) is 14.2 Å². The number of aryl methyl sites for hydroxylation is 1. The number of carbonyl (C=O) groups is 1. The summed E-state index contributed by atoms with van der Waals surface area (Å²) in [5, 5.41) is 0. The van der Waals surface area contributed by atoms with Crippen LogP contribution in [0.2, 0.25) is 0 Å². The first-order valence-corrected chi connectivity index (χ1v) is 8.15. The molecule has 1 amide bonds. The lowest BCUT2D eigenvalue weighted by Crippen LogP contribution is -2.42. The number of benzene rings is 2. The third-order valence-corrected chi connectivity index (χ3v) is 4.62. The van der Waals surface area contributed by atoms with Crippen molar-refractivity contribution in [3.63, 3.8) is 0 Å². The Bertz CT molecular complexity index is 769. The highest BCUT2D eigenvalue weighted by Gasteiger charge is 2.28. The maximum Gasteiger partial charge on any atom is 0.254 e. The number of amides is 1. The fourth-order valence-corrected chi connectivity index (χ4v) is 3.28. The smallest absolute Gasteiger partial charge is 0.254 e. The summed E-state index contributed by atoms with van der Waals surface area (Å²) >= 11 is 0. The van der Waals surface area contributed by atoms with E-state index in [1.807, 2.05) is 48.2 Å². The van der Waals surface area contributed by atoms with Crippen LogP contribution in [0.3, 0.4) is 0 Å². The predicted octanol–water partition coefficient (Wildman–Crippen LogP) is 3.60. The molecule has 0 bridgehead atoms. The number of rotatable bonds is 3. The molecule has 1 aliphatic heterocycles. The Balaban J connectivity index is 1.92. The minimum atomic E-state index is 0.0756. The van der Waals surface area contributed by atoms with Gasteiger partial charge in [0.1, 0.15) is 0 Å². The van der Waals surface area contributed by atoms with Crippen molar-refractivity contribution in [1.82, 2.24) is 4.90 Å². The molecular weight excluding hydrogens is 302 g/mol. The molecule has 0 aliphatic carbocycles. The molecule has 1 atom stereocenters. The van der Waals surface area contributed by atoms with Crippen LogP contribution in [0.25, 0.3) is 0 Å². The van der Waals surface area contributed by atoms with Gasteiger partial charge in [0, 0.05) is 18.2 Å². The van der Waals surface area contributed by atoms with Crippen LogP contribution in [0, 0.1) is 6.92 Å². The Morgan fingerprint density at radius 2 is 1.75 bits per heavy atom. The molecule has 0 fully saturated rings. The largest absolute Gasteiger partial charge is 0.493 e. The van der Waals surface area contributed by atoms with Gasteiger partial charge in [-0.05, 0) is 55.7 Å². The molecule has 126 valence electrons. The summed E-state index contributed by atoms with van der Waals surface area (Å²) < 4.78 is 10.8. The zero-order chi connectivity index (χ0) is 17.3. The van der Waals surface area contributed by atoms with Gasteiger partial charge < -0.3 is 14.4 Å². The van der Waals surface area contributed by atoms with Crippen LogP contribution >= 0.6 is 0 Å². The first-order valence-electron chi connectivity index (χ1n) is 8.15. The molecule has 2 aromatic carbocycles. The molecule has 3 rings (SSSR count). The molecule has 24 heavy (non-hydrogen) atoms. The van der Waals surface area contributed by atoms with E-state index < -0.39 is 0 Å². The van der Waals surface area contributed by atoms with Crippen LogP contribution < -0.4 is 9.47 Å². The van der Waals surface area contributed by atoms with Crippen LogP contribution in [0.4, 0.5) is 0 Å². The van der Waals surface area contributed by atoms with E-state index in [2.05, 4.69) is 6.92 Å². The topological polar surface area (TPSA) is 38.8 Å². The number of nitrogens with zero attached hydrogens (tertiary/aromatic N) is 1. The highest BCUT2D eigenvalue weighted by atomic mass is 16.5. The normalized spacial score (nSPS) is 16.5. The monoisotopic (exact) mass is 325 g/mol. The molecule has 0 N–H and O–H groups in total. The van der Waals surface area contributed by atoms with E-state index in [0.29, 0.717) is 12.3 Å². The molecule has 2 aromatic rings. The second kappa shape index (κ2) is 6.56. The van der Waals surface area contributed by atoms with Crippen molar-refractivity contribution in [1.29, 1.82) is 0 Å². The fourth-order valence-electron chi connectivity index (χ4n) is 3.28. The summed E-state index contributed by atoms with van der Waals surface area (Å²) in [7, 11) is 3.27. The summed E-state index contributed by atoms with van der Waals surface area (Å²) in [6.07, 6.45) is 0.813. The van der Waals surface area contributed by atoms with Gasteiger partial charge in [-0.25, -0.2) is 0 Å². The Morgan fingerprint density at radius 1 is 1.08 bits per heavy atom. The van der Waals surface area contributed by atoms with Crippen molar-refractivity contribution < 1.29 is 14.3 Å². The maximum absolute atomic E-state index is 12.9. The molecule has 1 unspecified atom stereocenters.